The number of hydrogen-bond donors (Lipinski definition) is 1. The molecule has 3 rings (SSSR count). The largest absolute Gasteiger partial charge is 0.495 e. The Labute approximate surface area is 144 Å². The lowest BCUT2D eigenvalue weighted by Crippen LogP contribution is -2.15. The molecular weight excluding hydrogens is 323 g/mol. The van der Waals surface area contributed by atoms with E-state index in [9.17, 15) is 9.18 Å². The fourth-order valence-electron chi connectivity index (χ4n) is 2.44. The molecule has 1 amide bonds. The lowest BCUT2D eigenvalue weighted by molar-refractivity contribution is 0.102. The van der Waals surface area contributed by atoms with Crippen molar-refractivity contribution in [2.24, 2.45) is 0 Å². The Morgan fingerprint density at radius 1 is 1.20 bits per heavy atom. The first kappa shape index (κ1) is 16.6. The summed E-state index contributed by atoms with van der Waals surface area (Å²) in [6, 6.07) is 13.5. The Hall–Kier alpha value is -3.22. The molecule has 0 radical (unpaired) electrons. The van der Waals surface area contributed by atoms with Gasteiger partial charge in [0, 0.05) is 5.56 Å². The van der Waals surface area contributed by atoms with Crippen LogP contribution in [0.25, 0.3) is 0 Å². The third-order valence-corrected chi connectivity index (χ3v) is 3.83. The van der Waals surface area contributed by atoms with Crippen molar-refractivity contribution in [3.05, 3.63) is 71.3 Å². The minimum absolute atomic E-state index is 0.183. The van der Waals surface area contributed by atoms with Gasteiger partial charge in [-0.2, -0.15) is 0 Å². The predicted molar refractivity (Wildman–Crippen MR) is 91.2 cm³/mol. The fourth-order valence-corrected chi connectivity index (χ4v) is 2.44. The first-order valence-corrected chi connectivity index (χ1v) is 7.68. The van der Waals surface area contributed by atoms with E-state index < -0.39 is 5.91 Å². The number of rotatable bonds is 5. The molecule has 128 valence electrons. The third kappa shape index (κ3) is 3.50. The molecule has 1 heterocycles. The van der Waals surface area contributed by atoms with Gasteiger partial charge >= 0.3 is 0 Å². The van der Waals surface area contributed by atoms with Crippen LogP contribution in [0, 0.1) is 12.7 Å². The maximum atomic E-state index is 13.8. The number of hydrogen-bond acceptors (Lipinski definition) is 4. The molecule has 25 heavy (non-hydrogen) atoms. The zero-order valence-electron chi connectivity index (χ0n) is 13.9. The van der Waals surface area contributed by atoms with E-state index in [4.69, 9.17) is 4.74 Å². The van der Waals surface area contributed by atoms with Crippen LogP contribution in [0.15, 0.2) is 48.5 Å². The highest BCUT2D eigenvalue weighted by Crippen LogP contribution is 2.23. The Balaban J connectivity index is 1.81. The number of carbonyl (C=O) groups excluding carboxylic acids is 1. The lowest BCUT2D eigenvalue weighted by atomic mass is 10.2. The molecule has 0 unspecified atom stereocenters. The van der Waals surface area contributed by atoms with E-state index in [0.717, 1.165) is 0 Å². The first-order valence-electron chi connectivity index (χ1n) is 7.68. The van der Waals surface area contributed by atoms with Crippen molar-refractivity contribution >= 4 is 11.6 Å². The lowest BCUT2D eigenvalue weighted by Gasteiger charge is -2.09. The van der Waals surface area contributed by atoms with Gasteiger partial charge in [-0.1, -0.05) is 35.5 Å². The molecule has 0 spiro atoms. The number of halogens is 1. The van der Waals surface area contributed by atoms with Crippen LogP contribution >= 0.6 is 0 Å². The molecule has 0 bridgehead atoms. The van der Waals surface area contributed by atoms with E-state index >= 15 is 0 Å². The van der Waals surface area contributed by atoms with E-state index in [2.05, 4.69) is 15.6 Å². The normalized spacial score (nSPS) is 10.5. The van der Waals surface area contributed by atoms with Gasteiger partial charge in [-0.25, -0.2) is 9.07 Å². The number of carbonyl (C=O) groups is 1. The highest BCUT2D eigenvalue weighted by Gasteiger charge is 2.18. The fraction of sp³-hybridized carbons (Fsp3) is 0.167. The Kier molecular flexibility index (Phi) is 4.74. The molecule has 0 saturated carbocycles. The average molecular weight is 340 g/mol. The number of amides is 1. The number of anilines is 1. The van der Waals surface area contributed by atoms with Crippen LogP contribution in [0.5, 0.6) is 5.75 Å². The van der Waals surface area contributed by atoms with Gasteiger partial charge in [-0.3, -0.25) is 4.79 Å². The first-order chi connectivity index (χ1) is 12.1. The van der Waals surface area contributed by atoms with Crippen LogP contribution in [0.2, 0.25) is 0 Å². The Morgan fingerprint density at radius 2 is 1.92 bits per heavy atom. The number of nitrogens with zero attached hydrogens (tertiary/aromatic N) is 3. The molecular formula is C18H17FN4O2. The van der Waals surface area contributed by atoms with Gasteiger partial charge in [0.1, 0.15) is 11.6 Å². The van der Waals surface area contributed by atoms with Gasteiger partial charge in [0.15, 0.2) is 5.69 Å². The second-order valence-corrected chi connectivity index (χ2v) is 5.43. The van der Waals surface area contributed by atoms with Gasteiger partial charge in [-0.05, 0) is 25.1 Å². The summed E-state index contributed by atoms with van der Waals surface area (Å²) < 4.78 is 20.5. The minimum atomic E-state index is -0.401. The van der Waals surface area contributed by atoms with Gasteiger partial charge in [0.05, 0.1) is 25.0 Å². The average Bonchev–Trinajstić information content (AvgIpc) is 2.98. The van der Waals surface area contributed by atoms with Crippen molar-refractivity contribution < 1.29 is 13.9 Å². The zero-order chi connectivity index (χ0) is 17.8. The quantitative estimate of drug-likeness (QED) is 0.775. The van der Waals surface area contributed by atoms with Crippen LogP contribution < -0.4 is 10.1 Å². The van der Waals surface area contributed by atoms with Crippen LogP contribution in [0.1, 0.15) is 21.7 Å². The summed E-state index contributed by atoms with van der Waals surface area (Å²) in [6.07, 6.45) is 0. The Morgan fingerprint density at radius 3 is 2.68 bits per heavy atom. The molecule has 0 saturated heterocycles. The summed E-state index contributed by atoms with van der Waals surface area (Å²) in [7, 11) is 1.53. The molecule has 0 fully saturated rings. The smallest absolute Gasteiger partial charge is 0.278 e. The molecule has 1 aromatic heterocycles. The summed E-state index contributed by atoms with van der Waals surface area (Å²) in [6.45, 7) is 1.92. The number of benzene rings is 2. The zero-order valence-corrected chi connectivity index (χ0v) is 13.9. The van der Waals surface area contributed by atoms with Crippen molar-refractivity contribution in [1.29, 1.82) is 0 Å². The van der Waals surface area contributed by atoms with Gasteiger partial charge in [0.25, 0.3) is 5.91 Å². The van der Waals surface area contributed by atoms with E-state index in [1.807, 2.05) is 6.07 Å². The highest BCUT2D eigenvalue weighted by atomic mass is 19.1. The molecule has 0 atom stereocenters. The standard InChI is InChI=1S/C18H17FN4O2/c1-12-17(18(24)20-15-9-5-6-10-16(15)25-2)21-22-23(12)11-13-7-3-4-8-14(13)19/h3-10H,11H2,1-2H3,(H,20,24). The van der Waals surface area contributed by atoms with Crippen molar-refractivity contribution in [3.8, 4) is 5.75 Å². The summed E-state index contributed by atoms with van der Waals surface area (Å²) in [5.41, 5.74) is 1.75. The topological polar surface area (TPSA) is 69.0 Å². The molecule has 0 aliphatic heterocycles. The second kappa shape index (κ2) is 7.12. The maximum absolute atomic E-state index is 13.8. The van der Waals surface area contributed by atoms with Crippen LogP contribution in [0.3, 0.4) is 0 Å². The summed E-state index contributed by atoms with van der Waals surface area (Å²) in [5, 5.41) is 10.6. The molecule has 0 aliphatic rings. The number of nitrogens with one attached hydrogen (secondary N) is 1. The minimum Gasteiger partial charge on any atom is -0.495 e. The van der Waals surface area contributed by atoms with Crippen LogP contribution in [-0.2, 0) is 6.54 Å². The van der Waals surface area contributed by atoms with Crippen LogP contribution in [0.4, 0.5) is 10.1 Å². The molecule has 0 aliphatic carbocycles. The van der Waals surface area contributed by atoms with E-state index in [-0.39, 0.29) is 18.1 Å². The molecule has 3 aromatic rings. The van der Waals surface area contributed by atoms with Crippen molar-refractivity contribution in [2.45, 2.75) is 13.5 Å². The van der Waals surface area contributed by atoms with E-state index in [1.165, 1.54) is 17.9 Å². The van der Waals surface area contributed by atoms with Crippen molar-refractivity contribution in [3.63, 3.8) is 0 Å². The molecule has 7 heteroatoms. The number of aromatic nitrogens is 3. The van der Waals surface area contributed by atoms with E-state index in [0.29, 0.717) is 22.7 Å². The molecule has 1 N–H and O–H groups in total. The number of para-hydroxylation sites is 2. The predicted octanol–water partition coefficient (Wildman–Crippen LogP) is 3.03. The summed E-state index contributed by atoms with van der Waals surface area (Å²) in [5.74, 6) is -0.175. The summed E-state index contributed by atoms with van der Waals surface area (Å²) >= 11 is 0. The third-order valence-electron chi connectivity index (χ3n) is 3.83. The van der Waals surface area contributed by atoms with Crippen LogP contribution in [-0.4, -0.2) is 28.0 Å². The number of methoxy groups -OCH3 is 1. The molecule has 2 aromatic carbocycles. The van der Waals surface area contributed by atoms with E-state index in [1.54, 1.807) is 43.3 Å². The van der Waals surface area contributed by atoms with Gasteiger partial charge < -0.3 is 10.1 Å². The van der Waals surface area contributed by atoms with Gasteiger partial charge in [0.2, 0.25) is 0 Å². The Bertz CT molecular complexity index is 908. The monoisotopic (exact) mass is 340 g/mol. The van der Waals surface area contributed by atoms with Crippen molar-refractivity contribution in [1.82, 2.24) is 15.0 Å². The highest BCUT2D eigenvalue weighted by molar-refractivity contribution is 6.04. The number of ether oxygens (including phenoxy) is 1. The summed E-state index contributed by atoms with van der Waals surface area (Å²) in [4.78, 5) is 12.5. The van der Waals surface area contributed by atoms with Crippen molar-refractivity contribution in [2.75, 3.05) is 12.4 Å². The second-order valence-electron chi connectivity index (χ2n) is 5.43. The SMILES string of the molecule is COc1ccccc1NC(=O)c1nnn(Cc2ccccc2F)c1C. The maximum Gasteiger partial charge on any atom is 0.278 e. The molecule has 6 nitrogen and oxygen atoms in total. The van der Waals surface area contributed by atoms with Gasteiger partial charge in [-0.15, -0.1) is 5.10 Å².